The van der Waals surface area contributed by atoms with Gasteiger partial charge in [0.1, 0.15) is 0 Å². The van der Waals surface area contributed by atoms with Crippen LogP contribution in [-0.2, 0) is 0 Å². The molecule has 3 unspecified atom stereocenters. The van der Waals surface area contributed by atoms with Crippen molar-refractivity contribution in [2.24, 2.45) is 11.7 Å². The van der Waals surface area contributed by atoms with Crippen LogP contribution in [0.2, 0.25) is 0 Å². The molecule has 0 aliphatic heterocycles. The Morgan fingerprint density at radius 3 is 2.31 bits per heavy atom. The highest BCUT2D eigenvalue weighted by Gasteiger charge is 2.17. The molecular formula is C14H23NS. The number of benzene rings is 1. The molecule has 2 N–H and O–H groups in total. The first-order valence-corrected chi connectivity index (χ1v) is 7.12. The molecule has 0 saturated heterocycles. The van der Waals surface area contributed by atoms with E-state index >= 15 is 0 Å². The zero-order chi connectivity index (χ0) is 12.0. The Hall–Kier alpha value is -0.470. The van der Waals surface area contributed by atoms with Crippen molar-refractivity contribution in [3.63, 3.8) is 0 Å². The summed E-state index contributed by atoms with van der Waals surface area (Å²) in [6, 6.07) is 10.8. The molecule has 90 valence electrons. The maximum Gasteiger partial charge on any atom is 0.0445 e. The third-order valence-electron chi connectivity index (χ3n) is 2.86. The largest absolute Gasteiger partial charge is 0.327 e. The Morgan fingerprint density at radius 2 is 1.81 bits per heavy atom. The van der Waals surface area contributed by atoms with Crippen LogP contribution in [0.25, 0.3) is 0 Å². The van der Waals surface area contributed by atoms with Gasteiger partial charge in [0.15, 0.2) is 0 Å². The van der Waals surface area contributed by atoms with Gasteiger partial charge in [-0.15, -0.1) is 0 Å². The summed E-state index contributed by atoms with van der Waals surface area (Å²) < 4.78 is 0. The van der Waals surface area contributed by atoms with Crippen molar-refractivity contribution in [2.75, 3.05) is 5.75 Å². The van der Waals surface area contributed by atoms with E-state index in [2.05, 4.69) is 51.1 Å². The summed E-state index contributed by atoms with van der Waals surface area (Å²) in [5.41, 5.74) is 7.43. The number of hydrogen-bond acceptors (Lipinski definition) is 2. The molecule has 0 aliphatic carbocycles. The minimum absolute atomic E-state index is 0.205. The Morgan fingerprint density at radius 1 is 1.19 bits per heavy atom. The van der Waals surface area contributed by atoms with Crippen molar-refractivity contribution >= 4 is 11.8 Å². The lowest BCUT2D eigenvalue weighted by molar-refractivity contribution is 0.631. The average Bonchev–Trinajstić information content (AvgIpc) is 2.30. The van der Waals surface area contributed by atoms with E-state index in [0.29, 0.717) is 5.25 Å². The van der Waals surface area contributed by atoms with E-state index in [1.54, 1.807) is 0 Å². The van der Waals surface area contributed by atoms with Gasteiger partial charge in [0.2, 0.25) is 0 Å². The summed E-state index contributed by atoms with van der Waals surface area (Å²) in [7, 11) is 0. The van der Waals surface area contributed by atoms with Crippen LogP contribution >= 0.6 is 11.8 Å². The molecule has 0 radical (unpaired) electrons. The van der Waals surface area contributed by atoms with Gasteiger partial charge in [0, 0.05) is 11.3 Å². The molecular weight excluding hydrogens is 214 g/mol. The highest BCUT2D eigenvalue weighted by Crippen LogP contribution is 2.32. The van der Waals surface area contributed by atoms with Gasteiger partial charge < -0.3 is 5.73 Å². The van der Waals surface area contributed by atoms with Gasteiger partial charge in [0.05, 0.1) is 0 Å². The highest BCUT2D eigenvalue weighted by atomic mass is 32.2. The minimum Gasteiger partial charge on any atom is -0.327 e. The molecule has 0 saturated carbocycles. The first-order chi connectivity index (χ1) is 7.65. The number of hydrogen-bond donors (Lipinski definition) is 1. The molecule has 2 heteroatoms. The SMILES string of the molecule is CCC(C)CSC(c1ccccc1)C(C)N. The molecule has 0 fully saturated rings. The quantitative estimate of drug-likeness (QED) is 0.813. The molecule has 16 heavy (non-hydrogen) atoms. The van der Waals surface area contributed by atoms with Crippen LogP contribution in [0.1, 0.15) is 38.0 Å². The summed E-state index contributed by atoms with van der Waals surface area (Å²) in [5, 5.41) is 0.426. The third-order valence-corrected chi connectivity index (χ3v) is 4.68. The van der Waals surface area contributed by atoms with Crippen LogP contribution in [-0.4, -0.2) is 11.8 Å². The average molecular weight is 237 g/mol. The van der Waals surface area contributed by atoms with Gasteiger partial charge in [-0.3, -0.25) is 0 Å². The van der Waals surface area contributed by atoms with Crippen LogP contribution < -0.4 is 5.73 Å². The lowest BCUT2D eigenvalue weighted by Gasteiger charge is -2.22. The van der Waals surface area contributed by atoms with E-state index in [0.717, 1.165) is 5.92 Å². The predicted octanol–water partition coefficient (Wildman–Crippen LogP) is 3.85. The van der Waals surface area contributed by atoms with Gasteiger partial charge in [-0.2, -0.15) is 11.8 Å². The first kappa shape index (κ1) is 13.6. The second kappa shape index (κ2) is 6.97. The van der Waals surface area contributed by atoms with Crippen LogP contribution in [0.3, 0.4) is 0 Å². The number of thioether (sulfide) groups is 1. The van der Waals surface area contributed by atoms with Crippen molar-refractivity contribution in [1.29, 1.82) is 0 Å². The van der Waals surface area contributed by atoms with Gasteiger partial charge >= 0.3 is 0 Å². The standard InChI is InChI=1S/C14H23NS/c1-4-11(2)10-16-14(12(3)15)13-8-6-5-7-9-13/h5-9,11-12,14H,4,10,15H2,1-3H3. The number of nitrogens with two attached hydrogens (primary N) is 1. The fourth-order valence-corrected chi connectivity index (χ4v) is 3.00. The summed E-state index contributed by atoms with van der Waals surface area (Å²) in [6.07, 6.45) is 1.24. The van der Waals surface area contributed by atoms with E-state index in [1.807, 2.05) is 11.8 Å². The monoisotopic (exact) mass is 237 g/mol. The molecule has 1 rings (SSSR count). The molecule has 0 spiro atoms. The highest BCUT2D eigenvalue weighted by molar-refractivity contribution is 7.99. The first-order valence-electron chi connectivity index (χ1n) is 6.07. The van der Waals surface area contributed by atoms with E-state index < -0.39 is 0 Å². The second-order valence-electron chi connectivity index (χ2n) is 4.54. The molecule has 1 aromatic carbocycles. The Kier molecular flexibility index (Phi) is 5.93. The van der Waals surface area contributed by atoms with Crippen LogP contribution in [0.4, 0.5) is 0 Å². The lowest BCUT2D eigenvalue weighted by Crippen LogP contribution is -2.23. The van der Waals surface area contributed by atoms with Gasteiger partial charge in [-0.1, -0.05) is 50.6 Å². The second-order valence-corrected chi connectivity index (χ2v) is 5.71. The molecule has 3 atom stereocenters. The topological polar surface area (TPSA) is 26.0 Å². The molecule has 1 nitrogen and oxygen atoms in total. The molecule has 0 bridgehead atoms. The van der Waals surface area contributed by atoms with E-state index in [-0.39, 0.29) is 6.04 Å². The summed E-state index contributed by atoms with van der Waals surface area (Å²) in [5.74, 6) is 1.97. The van der Waals surface area contributed by atoms with E-state index in [4.69, 9.17) is 5.73 Å². The zero-order valence-electron chi connectivity index (χ0n) is 10.5. The Bertz CT molecular complexity index is 284. The van der Waals surface area contributed by atoms with Crippen molar-refractivity contribution in [2.45, 2.75) is 38.5 Å². The molecule has 0 aliphatic rings. The van der Waals surface area contributed by atoms with Crippen molar-refractivity contribution in [3.8, 4) is 0 Å². The molecule has 0 aromatic heterocycles. The maximum atomic E-state index is 6.08. The molecule has 0 amide bonds. The zero-order valence-corrected chi connectivity index (χ0v) is 11.3. The van der Waals surface area contributed by atoms with Crippen molar-refractivity contribution in [3.05, 3.63) is 35.9 Å². The van der Waals surface area contributed by atoms with Gasteiger partial charge in [-0.05, 0) is 24.2 Å². The molecule has 0 heterocycles. The summed E-state index contributed by atoms with van der Waals surface area (Å²) >= 11 is 1.99. The van der Waals surface area contributed by atoms with Crippen molar-refractivity contribution < 1.29 is 0 Å². The predicted molar refractivity (Wildman–Crippen MR) is 74.7 cm³/mol. The lowest BCUT2D eigenvalue weighted by atomic mass is 10.1. The van der Waals surface area contributed by atoms with Gasteiger partial charge in [0.25, 0.3) is 0 Å². The van der Waals surface area contributed by atoms with Crippen LogP contribution in [0, 0.1) is 5.92 Å². The van der Waals surface area contributed by atoms with Crippen LogP contribution in [0.5, 0.6) is 0 Å². The maximum absolute atomic E-state index is 6.08. The fraction of sp³-hybridized carbons (Fsp3) is 0.571. The van der Waals surface area contributed by atoms with E-state index in [1.165, 1.54) is 17.7 Å². The Labute approximate surface area is 104 Å². The van der Waals surface area contributed by atoms with Crippen molar-refractivity contribution in [1.82, 2.24) is 0 Å². The molecule has 1 aromatic rings. The number of rotatable bonds is 6. The Balaban J connectivity index is 2.62. The summed E-state index contributed by atoms with van der Waals surface area (Å²) in [4.78, 5) is 0. The minimum atomic E-state index is 0.205. The van der Waals surface area contributed by atoms with Gasteiger partial charge in [-0.25, -0.2) is 0 Å². The smallest absolute Gasteiger partial charge is 0.0445 e. The van der Waals surface area contributed by atoms with E-state index in [9.17, 15) is 0 Å². The van der Waals surface area contributed by atoms with Crippen LogP contribution in [0.15, 0.2) is 30.3 Å². The fourth-order valence-electron chi connectivity index (χ4n) is 1.58. The third kappa shape index (κ3) is 4.18. The normalized spacial score (nSPS) is 16.8. The summed E-state index contributed by atoms with van der Waals surface area (Å²) in [6.45, 7) is 6.64.